The van der Waals surface area contributed by atoms with E-state index in [1.165, 1.54) is 26.4 Å². The van der Waals surface area contributed by atoms with Crippen LogP contribution in [0.25, 0.3) is 0 Å². The summed E-state index contributed by atoms with van der Waals surface area (Å²) < 4.78 is 15.7. The minimum absolute atomic E-state index is 0.0171. The van der Waals surface area contributed by atoms with Gasteiger partial charge in [0, 0.05) is 43.3 Å². The molecule has 3 N–H and O–H groups in total. The van der Waals surface area contributed by atoms with E-state index in [1.54, 1.807) is 37.3 Å². The van der Waals surface area contributed by atoms with Gasteiger partial charge in [0.1, 0.15) is 18.2 Å². The van der Waals surface area contributed by atoms with Crippen molar-refractivity contribution in [2.45, 2.75) is 92.9 Å². The van der Waals surface area contributed by atoms with Crippen molar-refractivity contribution < 1.29 is 33.4 Å². The molecule has 4 unspecified atom stereocenters. The lowest BCUT2D eigenvalue weighted by Gasteiger charge is -2.29. The molecule has 0 saturated carbocycles. The molecule has 0 fully saturated rings. The number of methoxy groups -OCH3 is 1. The number of hydrogen-bond donors (Lipinski definition) is 3. The molecule has 1 heterocycles. The summed E-state index contributed by atoms with van der Waals surface area (Å²) in [6.07, 6.45) is 15.2. The van der Waals surface area contributed by atoms with E-state index < -0.39 is 35.5 Å². The molecule has 0 spiro atoms. The van der Waals surface area contributed by atoms with Gasteiger partial charge < -0.3 is 30.2 Å². The zero-order valence-corrected chi connectivity index (χ0v) is 29.1. The highest BCUT2D eigenvalue weighted by Gasteiger charge is 2.32. The van der Waals surface area contributed by atoms with E-state index in [4.69, 9.17) is 25.8 Å². The molecule has 0 aromatic carbocycles. The Morgan fingerprint density at radius 1 is 1.13 bits per heavy atom. The molecule has 0 radical (unpaired) electrons. The molecule has 45 heavy (non-hydrogen) atoms. The number of allylic oxidation sites excluding steroid dienone is 5. The van der Waals surface area contributed by atoms with Crippen molar-refractivity contribution in [2.24, 2.45) is 11.3 Å². The fourth-order valence-electron chi connectivity index (χ4n) is 3.97. The standard InChI is InChI=1S/C32H46ClN3O7.C2H6/c1-21(20-22(2)25-17-18-26(41-8)30(39)43-25)12-9-10-14-27(37)36-28(32(4,5)6)29(38)35-19-11-13-24(16-15-23(3)33)42-31(40)34-7;1-2/h9-12,14-15,18-20,22,24-25,28H,13,16-17H2,1-8H3,(H,34,40)(H,35,38)(H,36,37);1-2H3/b12-9-,14-10-,19-11-,21-20+,23-15+;. The number of halogens is 1. The van der Waals surface area contributed by atoms with Crippen LogP contribution >= 0.6 is 11.6 Å². The molecule has 3 amide bonds. The summed E-state index contributed by atoms with van der Waals surface area (Å²) in [5, 5.41) is 8.45. The smallest absolute Gasteiger partial charge is 0.407 e. The summed E-state index contributed by atoms with van der Waals surface area (Å²) >= 11 is 5.89. The van der Waals surface area contributed by atoms with E-state index in [1.807, 2.05) is 60.6 Å². The molecule has 11 heteroatoms. The summed E-state index contributed by atoms with van der Waals surface area (Å²) in [7, 11) is 2.91. The third-order valence-electron chi connectivity index (χ3n) is 6.34. The van der Waals surface area contributed by atoms with Gasteiger partial charge in [-0.05, 0) is 31.5 Å². The molecule has 4 atom stereocenters. The van der Waals surface area contributed by atoms with Crippen LogP contribution in [0.2, 0.25) is 0 Å². The largest absolute Gasteiger partial charge is 0.490 e. The molecule has 0 saturated heterocycles. The van der Waals surface area contributed by atoms with Crippen molar-refractivity contribution in [1.82, 2.24) is 16.0 Å². The quantitative estimate of drug-likeness (QED) is 0.113. The highest BCUT2D eigenvalue weighted by molar-refractivity contribution is 6.29. The van der Waals surface area contributed by atoms with E-state index in [9.17, 15) is 19.2 Å². The second-order valence-electron chi connectivity index (χ2n) is 11.2. The van der Waals surface area contributed by atoms with Crippen LogP contribution in [0.3, 0.4) is 0 Å². The normalized spacial score (nSPS) is 17.9. The van der Waals surface area contributed by atoms with Crippen LogP contribution in [-0.2, 0) is 28.6 Å². The van der Waals surface area contributed by atoms with Crippen molar-refractivity contribution in [2.75, 3.05) is 14.2 Å². The van der Waals surface area contributed by atoms with Gasteiger partial charge in [-0.25, -0.2) is 9.59 Å². The van der Waals surface area contributed by atoms with E-state index in [2.05, 4.69) is 16.0 Å². The number of amides is 3. The predicted octanol–water partition coefficient (Wildman–Crippen LogP) is 6.36. The Balaban J connectivity index is 0.00000947. The van der Waals surface area contributed by atoms with Crippen LogP contribution in [0, 0.1) is 11.3 Å². The van der Waals surface area contributed by atoms with Crippen molar-refractivity contribution >= 4 is 35.5 Å². The molecular formula is C34H52ClN3O7. The van der Waals surface area contributed by atoms with Gasteiger partial charge in [-0.1, -0.05) is 95.2 Å². The van der Waals surface area contributed by atoms with Crippen LogP contribution in [-0.4, -0.2) is 56.3 Å². The first kappa shape index (κ1) is 41.2. The molecule has 0 bridgehead atoms. The Bertz CT molecular complexity index is 1160. The number of esters is 1. The molecule has 252 valence electrons. The second-order valence-corrected chi connectivity index (χ2v) is 11.8. The number of hydrogen-bond acceptors (Lipinski definition) is 7. The molecule has 10 nitrogen and oxygen atoms in total. The maximum absolute atomic E-state index is 12.9. The molecule has 0 aromatic rings. The summed E-state index contributed by atoms with van der Waals surface area (Å²) in [6.45, 7) is 15.2. The molecule has 1 aliphatic rings. The van der Waals surface area contributed by atoms with E-state index in [0.29, 0.717) is 24.3 Å². The number of cyclic esters (lactones) is 1. The Morgan fingerprint density at radius 3 is 2.33 bits per heavy atom. The fraction of sp³-hybridized carbons (Fsp3) is 0.529. The lowest BCUT2D eigenvalue weighted by atomic mass is 9.86. The van der Waals surface area contributed by atoms with Gasteiger partial charge in [-0.15, -0.1) is 0 Å². The summed E-state index contributed by atoms with van der Waals surface area (Å²) in [4.78, 5) is 49.1. The minimum Gasteiger partial charge on any atom is -0.490 e. The van der Waals surface area contributed by atoms with Crippen LogP contribution in [0.1, 0.15) is 74.7 Å². The van der Waals surface area contributed by atoms with Gasteiger partial charge >= 0.3 is 12.1 Å². The third kappa shape index (κ3) is 17.3. The number of alkyl carbamates (subject to hydrolysis) is 1. The second kappa shape index (κ2) is 21.8. The van der Waals surface area contributed by atoms with Crippen molar-refractivity contribution in [3.8, 4) is 0 Å². The van der Waals surface area contributed by atoms with Crippen LogP contribution in [0.4, 0.5) is 4.79 Å². The first-order valence-corrected chi connectivity index (χ1v) is 15.5. The van der Waals surface area contributed by atoms with Gasteiger partial charge in [-0.3, -0.25) is 9.59 Å². The predicted molar refractivity (Wildman–Crippen MR) is 179 cm³/mol. The summed E-state index contributed by atoms with van der Waals surface area (Å²) in [5.41, 5.74) is 0.368. The Morgan fingerprint density at radius 2 is 1.78 bits per heavy atom. The van der Waals surface area contributed by atoms with E-state index in [0.717, 1.165) is 5.57 Å². The van der Waals surface area contributed by atoms with Crippen LogP contribution in [0.15, 0.2) is 71.2 Å². The maximum atomic E-state index is 12.9. The van der Waals surface area contributed by atoms with Gasteiger partial charge in [-0.2, -0.15) is 0 Å². The third-order valence-corrected chi connectivity index (χ3v) is 6.50. The van der Waals surface area contributed by atoms with Crippen molar-refractivity contribution in [3.05, 3.63) is 71.2 Å². The number of nitrogens with one attached hydrogen (secondary N) is 3. The first-order valence-electron chi connectivity index (χ1n) is 15.1. The Kier molecular flexibility index (Phi) is 20.0. The average molecular weight is 650 g/mol. The fourth-order valence-corrected chi connectivity index (χ4v) is 4.06. The lowest BCUT2D eigenvalue weighted by Crippen LogP contribution is -2.52. The monoisotopic (exact) mass is 649 g/mol. The molecule has 0 aliphatic carbocycles. The summed E-state index contributed by atoms with van der Waals surface area (Å²) in [6, 6.07) is -0.814. The van der Waals surface area contributed by atoms with Crippen molar-refractivity contribution in [3.63, 3.8) is 0 Å². The highest BCUT2D eigenvalue weighted by Crippen LogP contribution is 2.23. The molecule has 0 aromatic heterocycles. The van der Waals surface area contributed by atoms with Crippen LogP contribution in [0.5, 0.6) is 0 Å². The van der Waals surface area contributed by atoms with Crippen LogP contribution < -0.4 is 16.0 Å². The zero-order valence-electron chi connectivity index (χ0n) is 28.4. The van der Waals surface area contributed by atoms with E-state index in [-0.39, 0.29) is 23.7 Å². The average Bonchev–Trinajstić information content (AvgIpc) is 2.98. The van der Waals surface area contributed by atoms with Crippen molar-refractivity contribution in [1.29, 1.82) is 0 Å². The number of rotatable bonds is 14. The maximum Gasteiger partial charge on any atom is 0.407 e. The van der Waals surface area contributed by atoms with Gasteiger partial charge in [0.15, 0.2) is 5.76 Å². The molecule has 1 rings (SSSR count). The minimum atomic E-state index is -0.814. The summed E-state index contributed by atoms with van der Waals surface area (Å²) in [5.74, 6) is -1.07. The topological polar surface area (TPSA) is 132 Å². The number of ether oxygens (including phenoxy) is 3. The highest BCUT2D eigenvalue weighted by atomic mass is 35.5. The Labute approximate surface area is 274 Å². The number of carbonyl (C=O) groups excluding carboxylic acids is 4. The van der Waals surface area contributed by atoms with Gasteiger partial charge in [0.25, 0.3) is 0 Å². The molecule has 1 aliphatic heterocycles. The number of carbonyl (C=O) groups is 4. The zero-order chi connectivity index (χ0) is 34.6. The van der Waals surface area contributed by atoms with Gasteiger partial charge in [0.05, 0.1) is 7.11 Å². The molecular weight excluding hydrogens is 598 g/mol. The first-order chi connectivity index (χ1) is 21.2. The van der Waals surface area contributed by atoms with Gasteiger partial charge in [0.2, 0.25) is 11.8 Å². The Hall–Kier alpha value is -3.79. The lowest BCUT2D eigenvalue weighted by molar-refractivity contribution is -0.151. The van der Waals surface area contributed by atoms with E-state index >= 15 is 0 Å². The SMILES string of the molecule is CC.CNC(=O)OC(C/C=C\NC(=O)C(NC(=O)\C=C/C=C\C(C)=C\C(C)C1CC=C(OC)C(=O)O1)C(C)(C)C)C/C=C(\C)Cl.